The first-order chi connectivity index (χ1) is 34.1. The van der Waals surface area contributed by atoms with E-state index in [-0.39, 0.29) is 73.4 Å². The molecule has 0 fully saturated rings. The second kappa shape index (κ2) is 21.7. The minimum Gasteiger partial charge on any atom is -0.505 e. The molecule has 30 nitrogen and oxygen atoms in total. The molecule has 0 amide bonds. The van der Waals surface area contributed by atoms with Crippen molar-refractivity contribution >= 4 is 142 Å². The Balaban J connectivity index is 1.33. The van der Waals surface area contributed by atoms with Gasteiger partial charge < -0.3 is 22.3 Å². The number of rotatable bonds is 20. The zero-order valence-electron chi connectivity index (χ0n) is 35.5. The van der Waals surface area contributed by atoms with Gasteiger partial charge in [0.05, 0.1) is 77.5 Å². The molecule has 0 spiro atoms. The summed E-state index contributed by atoms with van der Waals surface area (Å²) in [6.45, 7) is 3.17. The summed E-state index contributed by atoms with van der Waals surface area (Å²) in [4.78, 5) is -4.83. The summed E-state index contributed by atoms with van der Waals surface area (Å²) in [6, 6.07) is 14.5. The second-order valence-corrected chi connectivity index (χ2v) is 23.1. The quantitative estimate of drug-likeness (QED) is 0.00868. The minimum atomic E-state index is -5.29. The molecule has 6 rings (SSSR count). The van der Waals surface area contributed by atoms with Crippen LogP contribution in [0.5, 0.6) is 5.75 Å². The fraction of sp³-hybridized carbons (Fsp3) is 0. The number of hydrogen-bond donors (Lipinski definition) is 10. The van der Waals surface area contributed by atoms with Gasteiger partial charge in [-0.1, -0.05) is 16.7 Å². The number of fused-ring (bicyclic) bond motifs is 1. The first-order valence-corrected chi connectivity index (χ1v) is 27.5. The third-order valence-electron chi connectivity index (χ3n) is 9.23. The number of nitrogens with one attached hydrogen (secondary N) is 1. The molecule has 0 radical (unpaired) electrons. The van der Waals surface area contributed by atoms with Crippen LogP contribution in [0.1, 0.15) is 0 Å². The van der Waals surface area contributed by atoms with E-state index in [0.29, 0.717) is 17.5 Å². The van der Waals surface area contributed by atoms with Crippen LogP contribution < -0.4 is 21.9 Å². The van der Waals surface area contributed by atoms with Crippen LogP contribution in [0.2, 0.25) is 0 Å². The molecule has 6 aromatic rings. The number of aromatic hydroxyl groups is 1. The highest BCUT2D eigenvalue weighted by Crippen LogP contribution is 2.50. The maximum atomic E-state index is 13.3. The lowest BCUT2D eigenvalue weighted by molar-refractivity contribution is -0.432. The third-order valence-corrected chi connectivity index (χ3v) is 16.1. The topological polar surface area (TPSA) is 493 Å². The summed E-state index contributed by atoms with van der Waals surface area (Å²) >= 11 is 0.114. The SMILES string of the molecule is C=CS(=O)(=O)c1cc(N=Nc2c(SOOO)cc3cc(S(=O)(=O)O)c(N=Nc4ccc(S(=O)(=O)Nc5ccc(N=Nc6cc(S(=O)(=O)O)c(N)cc6N)cc5)cc4)c(O)c3c2N)c(S(=O)(=O)O)cc1SOOO. The van der Waals surface area contributed by atoms with Crippen molar-refractivity contribution in [1.29, 1.82) is 0 Å². The molecule has 0 saturated carbocycles. The van der Waals surface area contributed by atoms with Crippen LogP contribution in [-0.4, -0.2) is 71.4 Å². The highest BCUT2D eigenvalue weighted by Gasteiger charge is 2.28. The molecule has 0 aliphatic carbocycles. The Morgan fingerprint density at radius 2 is 1.08 bits per heavy atom. The number of anilines is 4. The van der Waals surface area contributed by atoms with Gasteiger partial charge in [-0.2, -0.15) is 35.5 Å². The van der Waals surface area contributed by atoms with Crippen molar-refractivity contribution in [3.63, 3.8) is 0 Å². The number of sulfonamides is 1. The Kier molecular flexibility index (Phi) is 16.5. The average molecular weight is 1150 g/mol. The molecule has 0 saturated heterocycles. The average Bonchev–Trinajstić information content (AvgIpc) is 3.31. The van der Waals surface area contributed by atoms with Crippen LogP contribution in [0.4, 0.5) is 56.9 Å². The van der Waals surface area contributed by atoms with Crippen molar-refractivity contribution in [2.45, 2.75) is 34.3 Å². The first kappa shape index (κ1) is 55.5. The number of hydrogen-bond acceptors (Lipinski definition) is 28. The predicted molar refractivity (Wildman–Crippen MR) is 256 cm³/mol. The molecule has 386 valence electrons. The number of nitrogen functional groups attached to an aromatic ring is 3. The van der Waals surface area contributed by atoms with E-state index >= 15 is 0 Å². The van der Waals surface area contributed by atoms with Crippen molar-refractivity contribution in [3.8, 4) is 5.75 Å². The van der Waals surface area contributed by atoms with Gasteiger partial charge in [-0.15, -0.1) is 29.1 Å². The Morgan fingerprint density at radius 3 is 1.64 bits per heavy atom. The van der Waals surface area contributed by atoms with Gasteiger partial charge in [-0.3, -0.25) is 18.4 Å². The molecular weight excluding hydrogens is 1120 g/mol. The zero-order valence-corrected chi connectivity index (χ0v) is 41.3. The van der Waals surface area contributed by atoms with E-state index in [2.05, 4.69) is 60.7 Å². The number of benzene rings is 6. The monoisotopic (exact) mass is 1150 g/mol. The molecule has 0 aliphatic heterocycles. The molecule has 0 aliphatic rings. The van der Waals surface area contributed by atoms with E-state index in [4.69, 9.17) is 27.7 Å². The van der Waals surface area contributed by atoms with Crippen molar-refractivity contribution in [3.05, 3.63) is 96.9 Å². The van der Waals surface area contributed by atoms with E-state index in [9.17, 15) is 60.9 Å². The zero-order chi connectivity index (χ0) is 53.8. The van der Waals surface area contributed by atoms with Crippen LogP contribution in [0.25, 0.3) is 10.8 Å². The fourth-order valence-corrected chi connectivity index (χ4v) is 11.2. The van der Waals surface area contributed by atoms with Gasteiger partial charge in [0.2, 0.25) is 9.84 Å². The van der Waals surface area contributed by atoms with Crippen LogP contribution in [0, 0.1) is 0 Å². The van der Waals surface area contributed by atoms with Crippen molar-refractivity contribution < 1.29 is 90.1 Å². The molecule has 13 N–H and O–H groups in total. The predicted octanol–water partition coefficient (Wildman–Crippen LogP) is 7.85. The Hall–Kier alpha value is -6.79. The molecule has 6 aromatic carbocycles. The van der Waals surface area contributed by atoms with Gasteiger partial charge in [0.1, 0.15) is 37.4 Å². The van der Waals surface area contributed by atoms with Gasteiger partial charge in [0.15, 0.2) is 5.75 Å². The number of phenols is 1. The van der Waals surface area contributed by atoms with Crippen molar-refractivity contribution in [1.82, 2.24) is 0 Å². The Labute approximate surface area is 419 Å². The minimum absolute atomic E-state index is 0.00971. The fourth-order valence-electron chi connectivity index (χ4n) is 6.01. The number of nitrogens with zero attached hydrogens (tertiary/aromatic N) is 6. The molecule has 0 aromatic heterocycles. The van der Waals surface area contributed by atoms with Gasteiger partial charge >= 0.3 is 0 Å². The molecule has 0 heterocycles. The van der Waals surface area contributed by atoms with Gasteiger partial charge in [0.25, 0.3) is 40.4 Å². The van der Waals surface area contributed by atoms with E-state index in [1.54, 1.807) is 0 Å². The maximum Gasteiger partial charge on any atom is 0.296 e. The molecular formula is C36H30N10O20S7. The Bertz CT molecular complexity index is 3870. The Morgan fingerprint density at radius 1 is 0.562 bits per heavy atom. The van der Waals surface area contributed by atoms with Crippen LogP contribution in [0.3, 0.4) is 0 Å². The summed E-state index contributed by atoms with van der Waals surface area (Å²) in [6.07, 6.45) is 0. The van der Waals surface area contributed by atoms with Crippen LogP contribution in [0.15, 0.2) is 162 Å². The summed E-state index contributed by atoms with van der Waals surface area (Å²) < 4.78 is 166. The number of nitrogens with two attached hydrogens (primary N) is 3. The summed E-state index contributed by atoms with van der Waals surface area (Å²) in [5.74, 6) is -1.10. The number of sulfone groups is 1. The molecule has 37 heteroatoms. The highest BCUT2D eigenvalue weighted by molar-refractivity contribution is 7.97. The maximum absolute atomic E-state index is 13.3. The largest absolute Gasteiger partial charge is 0.505 e. The first-order valence-electron chi connectivity index (χ1n) is 18.7. The van der Waals surface area contributed by atoms with E-state index < -0.39 is 109 Å². The molecule has 73 heavy (non-hydrogen) atoms. The number of phenolic OH excluding ortho intramolecular Hbond substituents is 1. The van der Waals surface area contributed by atoms with Crippen LogP contribution in [-0.2, 0) is 69.0 Å². The van der Waals surface area contributed by atoms with Gasteiger partial charge in [-0.25, -0.2) is 27.4 Å². The lowest BCUT2D eigenvalue weighted by atomic mass is 10.1. The molecule has 0 unspecified atom stereocenters. The molecule has 0 bridgehead atoms. The van der Waals surface area contributed by atoms with Gasteiger partial charge in [-0.05, 0) is 90.3 Å². The lowest BCUT2D eigenvalue weighted by Gasteiger charge is -2.14. The van der Waals surface area contributed by atoms with Gasteiger partial charge in [0, 0.05) is 11.1 Å². The van der Waals surface area contributed by atoms with E-state index in [1.807, 2.05) is 0 Å². The van der Waals surface area contributed by atoms with Crippen molar-refractivity contribution in [2.75, 3.05) is 21.9 Å². The highest BCUT2D eigenvalue weighted by atomic mass is 32.2. The number of azo groups is 3. The smallest absolute Gasteiger partial charge is 0.296 e. The second-order valence-electron chi connectivity index (χ2n) is 13.9. The summed E-state index contributed by atoms with van der Waals surface area (Å²) in [5, 5.41) is 58.7. The van der Waals surface area contributed by atoms with E-state index in [0.717, 1.165) is 48.5 Å². The summed E-state index contributed by atoms with van der Waals surface area (Å²) in [5.41, 5.74) is 14.3. The van der Waals surface area contributed by atoms with Crippen LogP contribution >= 0.6 is 24.1 Å². The third kappa shape index (κ3) is 12.9. The lowest BCUT2D eigenvalue weighted by Crippen LogP contribution is -2.12. The van der Waals surface area contributed by atoms with Crippen molar-refractivity contribution in [2.24, 2.45) is 30.7 Å². The van der Waals surface area contributed by atoms with E-state index in [1.165, 1.54) is 24.3 Å². The molecule has 0 atom stereocenters. The standard InChI is InChI=1S/C36H30N10O20S7/c1-2-69(50,51)30-15-25(29(72(57,58)59)16-26(30)67-65-63-48)43-44-34-27(68-66-64-49)11-17-12-31(73(60,61)62)35(36(47)32(17)33(34)39)45-41-19-7-9-21(10-8-19)70(52,53)46-20-5-3-18(4-6-20)40-42-24-14-28(71(54,55)56)23(38)13-22(24)37/h2-16,46-49H,1,37-39H2,(H,54,55,56)(H,57,58,59)(H,60,61,62). The normalized spacial score (nSPS) is 12.9. The summed E-state index contributed by atoms with van der Waals surface area (Å²) in [7, 11) is -24.1.